The third kappa shape index (κ3) is 7.01. The Morgan fingerprint density at radius 2 is 0.879 bits per heavy atom. The van der Waals surface area contributed by atoms with Gasteiger partial charge in [-0.15, -0.1) is 0 Å². The summed E-state index contributed by atoms with van der Waals surface area (Å²) in [4.78, 5) is 0. The van der Waals surface area contributed by atoms with Crippen molar-refractivity contribution in [2.75, 3.05) is 6.79 Å². The van der Waals surface area contributed by atoms with Crippen LogP contribution in [0.5, 0.6) is 0 Å². The second-order valence-corrected chi connectivity index (χ2v) is 12.5. The summed E-state index contributed by atoms with van der Waals surface area (Å²) in [5, 5.41) is 0. The molecule has 5 rings (SSSR count). The molecule has 0 aromatic rings. The highest BCUT2D eigenvalue weighted by atomic mass is 16.7. The van der Waals surface area contributed by atoms with E-state index in [4.69, 9.17) is 9.47 Å². The van der Waals surface area contributed by atoms with Crippen LogP contribution in [0.1, 0.15) is 128 Å². The molecule has 0 saturated heterocycles. The van der Waals surface area contributed by atoms with Crippen LogP contribution in [0.15, 0.2) is 0 Å². The van der Waals surface area contributed by atoms with Crippen molar-refractivity contribution in [3.05, 3.63) is 0 Å². The Morgan fingerprint density at radius 1 is 0.424 bits per heavy atom. The van der Waals surface area contributed by atoms with E-state index >= 15 is 0 Å². The quantitative estimate of drug-likeness (QED) is 0.307. The minimum absolute atomic E-state index is 0.403. The van der Waals surface area contributed by atoms with Crippen LogP contribution in [0.2, 0.25) is 0 Å². The average Bonchev–Trinajstić information content (AvgIpc) is 2.89. The van der Waals surface area contributed by atoms with Gasteiger partial charge < -0.3 is 9.47 Å². The third-order valence-electron chi connectivity index (χ3n) is 10.4. The Morgan fingerprint density at radius 3 is 1.58 bits per heavy atom. The summed E-state index contributed by atoms with van der Waals surface area (Å²) in [5.74, 6) is 12.7. The fourth-order valence-electron chi connectivity index (χ4n) is 8.16. The van der Waals surface area contributed by atoms with Crippen molar-refractivity contribution < 1.29 is 9.47 Å². The Balaban J connectivity index is 0.944. The molecule has 0 radical (unpaired) electrons. The molecule has 0 N–H and O–H groups in total. The molecule has 5 aliphatic carbocycles. The van der Waals surface area contributed by atoms with E-state index in [1.165, 1.54) is 128 Å². The molecule has 5 aliphatic rings. The second kappa shape index (κ2) is 12.4. The molecule has 0 heterocycles. The Labute approximate surface area is 204 Å². The lowest BCUT2D eigenvalue weighted by Gasteiger charge is -2.39. The normalized spacial score (nSPS) is 40.4. The van der Waals surface area contributed by atoms with Gasteiger partial charge in [0.2, 0.25) is 0 Å². The molecule has 2 nitrogen and oxygen atoms in total. The van der Waals surface area contributed by atoms with Crippen molar-refractivity contribution >= 4 is 0 Å². The van der Waals surface area contributed by atoms with Crippen molar-refractivity contribution in [2.24, 2.45) is 35.5 Å². The van der Waals surface area contributed by atoms with Gasteiger partial charge in [0.05, 0.1) is 12.2 Å². The van der Waals surface area contributed by atoms with Crippen molar-refractivity contribution in [3.8, 4) is 11.8 Å². The Kier molecular flexibility index (Phi) is 9.12. The highest BCUT2D eigenvalue weighted by Crippen LogP contribution is 2.42. The van der Waals surface area contributed by atoms with Crippen LogP contribution >= 0.6 is 0 Å². The molecule has 0 spiro atoms. The zero-order valence-corrected chi connectivity index (χ0v) is 21.3. The number of hydrogen-bond acceptors (Lipinski definition) is 2. The fourth-order valence-corrected chi connectivity index (χ4v) is 8.16. The first-order chi connectivity index (χ1) is 16.3. The third-order valence-corrected chi connectivity index (χ3v) is 10.4. The smallest absolute Gasteiger partial charge is 0.147 e. The minimum Gasteiger partial charge on any atom is -0.352 e. The summed E-state index contributed by atoms with van der Waals surface area (Å²) in [7, 11) is 0. The molecular formula is C31H50O2. The summed E-state index contributed by atoms with van der Waals surface area (Å²) in [5.41, 5.74) is 0. The highest BCUT2D eigenvalue weighted by Gasteiger charge is 2.33. The van der Waals surface area contributed by atoms with Crippen LogP contribution in [0.4, 0.5) is 0 Å². The van der Waals surface area contributed by atoms with Crippen LogP contribution in [-0.4, -0.2) is 19.0 Å². The molecule has 186 valence electrons. The largest absolute Gasteiger partial charge is 0.352 e. The molecule has 2 heteroatoms. The van der Waals surface area contributed by atoms with Gasteiger partial charge in [0, 0.05) is 11.8 Å². The van der Waals surface area contributed by atoms with Crippen molar-refractivity contribution in [1.82, 2.24) is 0 Å². The van der Waals surface area contributed by atoms with Gasteiger partial charge in [-0.3, -0.25) is 0 Å². The molecule has 0 aliphatic heterocycles. The van der Waals surface area contributed by atoms with E-state index in [2.05, 4.69) is 11.8 Å². The summed E-state index contributed by atoms with van der Waals surface area (Å²) >= 11 is 0. The van der Waals surface area contributed by atoms with Gasteiger partial charge in [-0.1, -0.05) is 69.6 Å². The van der Waals surface area contributed by atoms with E-state index in [9.17, 15) is 0 Å². The Hall–Kier alpha value is -0.520. The summed E-state index contributed by atoms with van der Waals surface area (Å²) in [6.45, 7) is 0.521. The molecule has 0 aromatic carbocycles. The van der Waals surface area contributed by atoms with E-state index < -0.39 is 0 Å². The second-order valence-electron chi connectivity index (χ2n) is 12.5. The average molecular weight is 455 g/mol. The first-order valence-corrected chi connectivity index (χ1v) is 15.1. The van der Waals surface area contributed by atoms with Gasteiger partial charge >= 0.3 is 0 Å². The van der Waals surface area contributed by atoms with Gasteiger partial charge in [-0.05, 0) is 94.3 Å². The highest BCUT2D eigenvalue weighted by molar-refractivity contribution is 5.09. The lowest BCUT2D eigenvalue weighted by atomic mass is 9.70. The zero-order valence-electron chi connectivity index (χ0n) is 21.3. The molecule has 5 saturated carbocycles. The summed E-state index contributed by atoms with van der Waals surface area (Å²) in [6, 6.07) is 0. The van der Waals surface area contributed by atoms with Gasteiger partial charge in [-0.25, -0.2) is 0 Å². The van der Waals surface area contributed by atoms with Gasteiger partial charge in [-0.2, -0.15) is 0 Å². The number of rotatable bonds is 5. The van der Waals surface area contributed by atoms with Gasteiger partial charge in [0.1, 0.15) is 6.79 Å². The van der Waals surface area contributed by atoms with E-state index in [0.717, 1.165) is 23.7 Å². The number of hydrogen-bond donors (Lipinski definition) is 0. The van der Waals surface area contributed by atoms with Gasteiger partial charge in [0.25, 0.3) is 0 Å². The minimum atomic E-state index is 0.403. The van der Waals surface area contributed by atoms with Crippen molar-refractivity contribution in [1.29, 1.82) is 0 Å². The van der Waals surface area contributed by atoms with E-state index in [1.54, 1.807) is 0 Å². The standard InChI is InChI=1S/C31H50O2/c1-2-6-26(7-3-1)28-16-12-24(13-17-28)10-11-25-14-19-30(20-15-25)32-23-33-31-21-18-27-8-4-5-9-29(27)22-31/h24-31H,1-9,12-23H2. The zero-order chi connectivity index (χ0) is 22.3. The maximum Gasteiger partial charge on any atom is 0.147 e. The number of ether oxygens (including phenoxy) is 2. The SMILES string of the molecule is C(#CC1CCC(C2CCCCC2)CC1)C1CCC(OCOC2CCC3CCCCC3C2)CC1. The molecule has 33 heavy (non-hydrogen) atoms. The van der Waals surface area contributed by atoms with E-state index in [-0.39, 0.29) is 0 Å². The molecule has 5 fully saturated rings. The molecular weight excluding hydrogens is 404 g/mol. The lowest BCUT2D eigenvalue weighted by Crippen LogP contribution is -2.32. The number of fused-ring (bicyclic) bond motifs is 1. The topological polar surface area (TPSA) is 18.5 Å². The maximum atomic E-state index is 6.19. The summed E-state index contributed by atoms with van der Waals surface area (Å²) < 4.78 is 12.4. The van der Waals surface area contributed by atoms with Crippen LogP contribution < -0.4 is 0 Å². The monoisotopic (exact) mass is 454 g/mol. The summed E-state index contributed by atoms with van der Waals surface area (Å²) in [6.07, 6.45) is 28.5. The molecule has 3 unspecified atom stereocenters. The molecule has 3 atom stereocenters. The van der Waals surface area contributed by atoms with E-state index in [1.807, 2.05) is 0 Å². The van der Waals surface area contributed by atoms with Gasteiger partial charge in [0.15, 0.2) is 0 Å². The van der Waals surface area contributed by atoms with E-state index in [0.29, 0.717) is 30.8 Å². The van der Waals surface area contributed by atoms with Crippen molar-refractivity contribution in [2.45, 2.75) is 141 Å². The van der Waals surface area contributed by atoms with Crippen LogP contribution in [0.3, 0.4) is 0 Å². The maximum absolute atomic E-state index is 6.19. The Bertz CT molecular complexity index is 625. The predicted molar refractivity (Wildman–Crippen MR) is 136 cm³/mol. The molecule has 0 amide bonds. The van der Waals surface area contributed by atoms with Crippen LogP contribution in [0.25, 0.3) is 0 Å². The first kappa shape index (κ1) is 24.2. The first-order valence-electron chi connectivity index (χ1n) is 15.1. The lowest BCUT2D eigenvalue weighted by molar-refractivity contribution is -0.140. The molecule has 0 aromatic heterocycles. The predicted octanol–water partition coefficient (Wildman–Crippen LogP) is 8.28. The van der Waals surface area contributed by atoms with Crippen molar-refractivity contribution in [3.63, 3.8) is 0 Å². The van der Waals surface area contributed by atoms with Crippen LogP contribution in [0, 0.1) is 47.3 Å². The van der Waals surface area contributed by atoms with Crippen LogP contribution in [-0.2, 0) is 9.47 Å². The fraction of sp³-hybridized carbons (Fsp3) is 0.935. The molecule has 0 bridgehead atoms.